The number of amides is 3. The van der Waals surface area contributed by atoms with Crippen molar-refractivity contribution in [1.82, 2.24) is 15.4 Å². The molecule has 0 aliphatic carbocycles. The monoisotopic (exact) mass is 405 g/mol. The predicted molar refractivity (Wildman–Crippen MR) is 94.4 cm³/mol. The van der Waals surface area contributed by atoms with Crippen LogP contribution in [0.25, 0.3) is 0 Å². The SMILES string of the molecule is CNS(=O)(=O)c1ccc(Cl)c(C(=O)OCC(=O)NC(=O)NC(C)(C)C)c1. The Balaban J connectivity index is 2.76. The van der Waals surface area contributed by atoms with Crippen molar-refractivity contribution in [2.45, 2.75) is 31.2 Å². The van der Waals surface area contributed by atoms with Crippen LogP contribution in [0.15, 0.2) is 23.1 Å². The largest absolute Gasteiger partial charge is 0.452 e. The molecule has 1 aromatic carbocycles. The molecule has 0 fully saturated rings. The van der Waals surface area contributed by atoms with Crippen LogP contribution in [0.3, 0.4) is 0 Å². The first kappa shape index (κ1) is 21.9. The number of imide groups is 1. The van der Waals surface area contributed by atoms with E-state index in [0.29, 0.717) is 0 Å². The summed E-state index contributed by atoms with van der Waals surface area (Å²) in [6, 6.07) is 2.73. The zero-order valence-corrected chi connectivity index (χ0v) is 16.2. The number of nitrogens with one attached hydrogen (secondary N) is 3. The Morgan fingerprint density at radius 1 is 1.19 bits per heavy atom. The minimum atomic E-state index is -3.78. The van der Waals surface area contributed by atoms with Gasteiger partial charge in [0.2, 0.25) is 10.0 Å². The summed E-state index contributed by atoms with van der Waals surface area (Å²) in [5.41, 5.74) is -0.775. The first-order valence-corrected chi connectivity index (χ1v) is 9.24. The number of hydrogen-bond donors (Lipinski definition) is 3. The van der Waals surface area contributed by atoms with Crippen molar-refractivity contribution >= 4 is 39.5 Å². The van der Waals surface area contributed by atoms with Gasteiger partial charge in [-0.15, -0.1) is 0 Å². The molecule has 0 saturated heterocycles. The fraction of sp³-hybridized carbons (Fsp3) is 0.400. The molecular formula is C15H20ClN3O6S. The molecule has 0 atom stereocenters. The highest BCUT2D eigenvalue weighted by Crippen LogP contribution is 2.21. The second-order valence-electron chi connectivity index (χ2n) is 6.18. The van der Waals surface area contributed by atoms with E-state index in [1.807, 2.05) is 5.32 Å². The molecule has 3 amide bonds. The van der Waals surface area contributed by atoms with Gasteiger partial charge in [0.25, 0.3) is 5.91 Å². The number of carbonyl (C=O) groups excluding carboxylic acids is 3. The Morgan fingerprint density at radius 3 is 2.35 bits per heavy atom. The van der Waals surface area contributed by atoms with E-state index >= 15 is 0 Å². The molecule has 11 heteroatoms. The number of benzene rings is 1. The van der Waals surface area contributed by atoms with Crippen molar-refractivity contribution in [2.75, 3.05) is 13.7 Å². The van der Waals surface area contributed by atoms with Crippen LogP contribution in [0.2, 0.25) is 5.02 Å². The van der Waals surface area contributed by atoms with Crippen molar-refractivity contribution < 1.29 is 27.5 Å². The lowest BCUT2D eigenvalue weighted by molar-refractivity contribution is -0.123. The van der Waals surface area contributed by atoms with E-state index < -0.39 is 40.1 Å². The summed E-state index contributed by atoms with van der Waals surface area (Å²) in [7, 11) is -2.57. The van der Waals surface area contributed by atoms with Crippen LogP contribution in [-0.4, -0.2) is 45.5 Å². The lowest BCUT2D eigenvalue weighted by Gasteiger charge is -2.20. The van der Waals surface area contributed by atoms with Crippen molar-refractivity contribution in [2.24, 2.45) is 0 Å². The van der Waals surface area contributed by atoms with E-state index in [-0.39, 0.29) is 15.5 Å². The normalized spacial score (nSPS) is 11.6. The predicted octanol–water partition coefficient (Wildman–Crippen LogP) is 1.03. The Labute approximate surface area is 156 Å². The van der Waals surface area contributed by atoms with Gasteiger partial charge in [0.05, 0.1) is 15.5 Å². The molecule has 9 nitrogen and oxygen atoms in total. The quantitative estimate of drug-likeness (QED) is 0.627. The molecule has 0 aromatic heterocycles. The molecule has 1 rings (SSSR count). The molecule has 0 saturated carbocycles. The highest BCUT2D eigenvalue weighted by Gasteiger charge is 2.20. The van der Waals surface area contributed by atoms with Gasteiger partial charge in [0.15, 0.2) is 6.61 Å². The van der Waals surface area contributed by atoms with Gasteiger partial charge in [0.1, 0.15) is 0 Å². The van der Waals surface area contributed by atoms with Crippen molar-refractivity contribution in [1.29, 1.82) is 0 Å². The molecule has 0 aliphatic rings. The smallest absolute Gasteiger partial charge is 0.340 e. The Kier molecular flexibility index (Phi) is 7.13. The topological polar surface area (TPSA) is 131 Å². The molecule has 0 heterocycles. The van der Waals surface area contributed by atoms with E-state index in [1.165, 1.54) is 19.2 Å². The van der Waals surface area contributed by atoms with Crippen LogP contribution < -0.4 is 15.4 Å². The first-order chi connectivity index (χ1) is 11.9. The van der Waals surface area contributed by atoms with E-state index in [2.05, 4.69) is 10.0 Å². The molecular weight excluding hydrogens is 386 g/mol. The third kappa shape index (κ3) is 6.62. The maximum Gasteiger partial charge on any atom is 0.340 e. The summed E-state index contributed by atoms with van der Waals surface area (Å²) in [4.78, 5) is 35.1. The van der Waals surface area contributed by atoms with Gasteiger partial charge in [-0.25, -0.2) is 22.7 Å². The zero-order chi connectivity index (χ0) is 20.1. The molecule has 144 valence electrons. The molecule has 26 heavy (non-hydrogen) atoms. The molecule has 0 bridgehead atoms. The number of esters is 1. The number of sulfonamides is 1. The Morgan fingerprint density at radius 2 is 1.81 bits per heavy atom. The summed E-state index contributed by atoms with van der Waals surface area (Å²) in [6.07, 6.45) is 0. The summed E-state index contributed by atoms with van der Waals surface area (Å²) in [5.74, 6) is -1.86. The second kappa shape index (κ2) is 8.47. The molecule has 0 unspecified atom stereocenters. The average Bonchev–Trinajstić information content (AvgIpc) is 2.50. The minimum absolute atomic E-state index is 0.0454. The van der Waals surface area contributed by atoms with Crippen LogP contribution in [0.4, 0.5) is 4.79 Å². The van der Waals surface area contributed by atoms with E-state index in [4.69, 9.17) is 16.3 Å². The summed E-state index contributed by atoms with van der Waals surface area (Å²) in [5, 5.41) is 4.46. The summed E-state index contributed by atoms with van der Waals surface area (Å²) < 4.78 is 30.4. The highest BCUT2D eigenvalue weighted by atomic mass is 35.5. The average molecular weight is 406 g/mol. The van der Waals surface area contributed by atoms with Gasteiger partial charge < -0.3 is 10.1 Å². The van der Waals surface area contributed by atoms with Crippen molar-refractivity contribution in [3.8, 4) is 0 Å². The number of carbonyl (C=O) groups is 3. The molecule has 0 aliphatic heterocycles. The van der Waals surface area contributed by atoms with E-state index in [9.17, 15) is 22.8 Å². The third-order valence-corrected chi connectivity index (χ3v) is 4.55. The number of urea groups is 1. The van der Waals surface area contributed by atoms with Crippen molar-refractivity contribution in [3.05, 3.63) is 28.8 Å². The van der Waals surface area contributed by atoms with Gasteiger partial charge >= 0.3 is 12.0 Å². The maximum absolute atomic E-state index is 12.0. The molecule has 1 aromatic rings. The van der Waals surface area contributed by atoms with E-state index in [1.54, 1.807) is 20.8 Å². The van der Waals surface area contributed by atoms with Crippen LogP contribution in [0.5, 0.6) is 0 Å². The summed E-state index contributed by atoms with van der Waals surface area (Å²) in [6.45, 7) is 4.44. The zero-order valence-electron chi connectivity index (χ0n) is 14.7. The lowest BCUT2D eigenvalue weighted by Crippen LogP contribution is -2.49. The Bertz CT molecular complexity index is 817. The van der Waals surface area contributed by atoms with Crippen LogP contribution in [-0.2, 0) is 19.6 Å². The standard InChI is InChI=1S/C15H20ClN3O6S/c1-15(2,3)19-14(22)18-12(20)8-25-13(21)10-7-9(5-6-11(10)16)26(23,24)17-4/h5-7,17H,8H2,1-4H3,(H2,18,19,20,22). The number of hydrogen-bond acceptors (Lipinski definition) is 6. The maximum atomic E-state index is 12.0. The van der Waals surface area contributed by atoms with Gasteiger partial charge in [-0.05, 0) is 46.0 Å². The van der Waals surface area contributed by atoms with Crippen LogP contribution in [0, 0.1) is 0 Å². The fourth-order valence-corrected chi connectivity index (χ4v) is 2.64. The number of rotatable bonds is 5. The van der Waals surface area contributed by atoms with Gasteiger partial charge in [-0.2, -0.15) is 0 Å². The number of halogens is 1. The molecule has 3 N–H and O–H groups in total. The Hall–Kier alpha value is -2.17. The van der Waals surface area contributed by atoms with Crippen LogP contribution >= 0.6 is 11.6 Å². The van der Waals surface area contributed by atoms with Gasteiger partial charge in [0, 0.05) is 5.54 Å². The second-order valence-corrected chi connectivity index (χ2v) is 8.47. The van der Waals surface area contributed by atoms with E-state index in [0.717, 1.165) is 6.07 Å². The molecule has 0 spiro atoms. The third-order valence-electron chi connectivity index (χ3n) is 2.81. The number of ether oxygens (including phenoxy) is 1. The molecule has 0 radical (unpaired) electrons. The highest BCUT2D eigenvalue weighted by molar-refractivity contribution is 7.89. The summed E-state index contributed by atoms with van der Waals surface area (Å²) >= 11 is 5.88. The van der Waals surface area contributed by atoms with Gasteiger partial charge in [-0.3, -0.25) is 10.1 Å². The van der Waals surface area contributed by atoms with Crippen molar-refractivity contribution in [3.63, 3.8) is 0 Å². The van der Waals surface area contributed by atoms with Crippen LogP contribution in [0.1, 0.15) is 31.1 Å². The minimum Gasteiger partial charge on any atom is -0.452 e. The first-order valence-electron chi connectivity index (χ1n) is 7.38. The van der Waals surface area contributed by atoms with Gasteiger partial charge in [-0.1, -0.05) is 11.6 Å². The lowest BCUT2D eigenvalue weighted by atomic mass is 10.1. The fourth-order valence-electron chi connectivity index (χ4n) is 1.69.